The molecule has 148 valence electrons. The topological polar surface area (TPSA) is 60.5 Å². The molecule has 1 aromatic carbocycles. The third-order valence-electron chi connectivity index (χ3n) is 5.26. The van der Waals surface area contributed by atoms with Gasteiger partial charge in [0.05, 0.1) is 23.8 Å². The highest BCUT2D eigenvalue weighted by molar-refractivity contribution is 5.62. The SMILES string of the molecule is CN1CCC(Oc2ccc3ncc(-c4cnn(-c5ccc(F)cc5)c4)n3n2)CC1. The van der Waals surface area contributed by atoms with Crippen LogP contribution in [0.4, 0.5) is 4.39 Å². The molecule has 1 fully saturated rings. The van der Waals surface area contributed by atoms with E-state index in [2.05, 4.69) is 27.1 Å². The van der Waals surface area contributed by atoms with Crippen LogP contribution < -0.4 is 4.74 Å². The van der Waals surface area contributed by atoms with Gasteiger partial charge in [0.25, 0.3) is 0 Å². The lowest BCUT2D eigenvalue weighted by Gasteiger charge is -2.28. The largest absolute Gasteiger partial charge is 0.473 e. The van der Waals surface area contributed by atoms with E-state index in [4.69, 9.17) is 4.74 Å². The minimum absolute atomic E-state index is 0.185. The van der Waals surface area contributed by atoms with E-state index in [1.54, 1.807) is 33.7 Å². The van der Waals surface area contributed by atoms with Gasteiger partial charge in [-0.1, -0.05) is 0 Å². The van der Waals surface area contributed by atoms with Gasteiger partial charge in [0.2, 0.25) is 5.88 Å². The monoisotopic (exact) mass is 392 g/mol. The van der Waals surface area contributed by atoms with Crippen LogP contribution in [0, 0.1) is 5.82 Å². The Morgan fingerprint density at radius 1 is 1.03 bits per heavy atom. The second-order valence-corrected chi connectivity index (χ2v) is 7.36. The standard InChI is InChI=1S/C21H21FN6O/c1-26-10-8-18(9-11-26)29-21-7-6-20-23-13-19(28(20)25-21)15-12-24-27(14-15)17-4-2-16(22)3-5-17/h2-7,12-14,18H,8-11H2,1H3. The number of benzene rings is 1. The number of nitrogens with zero attached hydrogens (tertiary/aromatic N) is 6. The van der Waals surface area contributed by atoms with Crippen molar-refractivity contribution >= 4 is 5.65 Å². The van der Waals surface area contributed by atoms with E-state index in [1.165, 1.54) is 12.1 Å². The van der Waals surface area contributed by atoms with Crippen LogP contribution in [0.25, 0.3) is 22.6 Å². The zero-order chi connectivity index (χ0) is 19.8. The van der Waals surface area contributed by atoms with Gasteiger partial charge in [0.15, 0.2) is 5.65 Å². The molecule has 1 saturated heterocycles. The summed E-state index contributed by atoms with van der Waals surface area (Å²) in [5.74, 6) is 0.321. The molecule has 0 amide bonds. The van der Waals surface area contributed by atoms with Crippen molar-refractivity contribution in [3.63, 3.8) is 0 Å². The molecule has 8 heteroatoms. The molecule has 4 heterocycles. The highest BCUT2D eigenvalue weighted by Crippen LogP contribution is 2.23. The molecule has 0 radical (unpaired) electrons. The Balaban J connectivity index is 1.42. The van der Waals surface area contributed by atoms with Crippen molar-refractivity contribution < 1.29 is 9.13 Å². The van der Waals surface area contributed by atoms with Gasteiger partial charge >= 0.3 is 0 Å². The molecule has 0 saturated carbocycles. The van der Waals surface area contributed by atoms with Gasteiger partial charge in [-0.3, -0.25) is 0 Å². The molecule has 0 atom stereocenters. The van der Waals surface area contributed by atoms with Crippen LogP contribution in [0.3, 0.4) is 0 Å². The lowest BCUT2D eigenvalue weighted by molar-refractivity contribution is 0.109. The minimum atomic E-state index is -0.274. The molecule has 0 unspecified atom stereocenters. The van der Waals surface area contributed by atoms with E-state index >= 15 is 0 Å². The maximum atomic E-state index is 13.2. The Kier molecular flexibility index (Phi) is 4.48. The van der Waals surface area contributed by atoms with Gasteiger partial charge in [-0.2, -0.15) is 5.10 Å². The van der Waals surface area contributed by atoms with E-state index in [-0.39, 0.29) is 11.9 Å². The first-order valence-electron chi connectivity index (χ1n) is 9.67. The fourth-order valence-electron chi connectivity index (χ4n) is 3.58. The van der Waals surface area contributed by atoms with Crippen molar-refractivity contribution in [3.05, 3.63) is 60.8 Å². The Labute approximate surface area is 167 Å². The number of piperidine rings is 1. The Bertz CT molecular complexity index is 1130. The van der Waals surface area contributed by atoms with Gasteiger partial charge in [0.1, 0.15) is 11.9 Å². The highest BCUT2D eigenvalue weighted by atomic mass is 19.1. The number of aromatic nitrogens is 5. The predicted octanol–water partition coefficient (Wildman–Crippen LogP) is 3.19. The molecule has 29 heavy (non-hydrogen) atoms. The zero-order valence-corrected chi connectivity index (χ0v) is 16.1. The molecule has 0 N–H and O–H groups in total. The average Bonchev–Trinajstić information content (AvgIpc) is 3.37. The predicted molar refractivity (Wildman–Crippen MR) is 107 cm³/mol. The molecule has 1 aliphatic heterocycles. The molecule has 4 aromatic rings. The van der Waals surface area contributed by atoms with E-state index in [9.17, 15) is 4.39 Å². The Morgan fingerprint density at radius 3 is 2.62 bits per heavy atom. The van der Waals surface area contributed by atoms with E-state index in [1.807, 2.05) is 18.3 Å². The maximum Gasteiger partial charge on any atom is 0.232 e. The molecule has 0 aliphatic carbocycles. The summed E-state index contributed by atoms with van der Waals surface area (Å²) in [6.07, 6.45) is 7.58. The van der Waals surface area contributed by atoms with Crippen LogP contribution in [0.15, 0.2) is 55.0 Å². The molecule has 0 spiro atoms. The quantitative estimate of drug-likeness (QED) is 0.534. The first-order valence-corrected chi connectivity index (χ1v) is 9.67. The summed E-state index contributed by atoms with van der Waals surface area (Å²) >= 11 is 0. The molecule has 0 bridgehead atoms. The number of imidazole rings is 1. The van der Waals surface area contributed by atoms with Gasteiger partial charge in [-0.05, 0) is 50.2 Å². The normalized spacial score (nSPS) is 15.8. The lowest BCUT2D eigenvalue weighted by Crippen LogP contribution is -2.35. The van der Waals surface area contributed by atoms with Crippen LogP contribution in [0.1, 0.15) is 12.8 Å². The van der Waals surface area contributed by atoms with E-state index in [0.717, 1.165) is 48.5 Å². The smallest absolute Gasteiger partial charge is 0.232 e. The van der Waals surface area contributed by atoms with Crippen LogP contribution in [0.2, 0.25) is 0 Å². The lowest BCUT2D eigenvalue weighted by atomic mass is 10.1. The summed E-state index contributed by atoms with van der Waals surface area (Å²) in [5.41, 5.74) is 3.21. The number of ether oxygens (including phenoxy) is 1. The third kappa shape index (κ3) is 3.58. The summed E-state index contributed by atoms with van der Waals surface area (Å²) in [6, 6.07) is 9.98. The summed E-state index contributed by atoms with van der Waals surface area (Å²) in [5, 5.41) is 9.04. The summed E-state index contributed by atoms with van der Waals surface area (Å²) in [4.78, 5) is 6.75. The average molecular weight is 392 g/mol. The van der Waals surface area contributed by atoms with Crippen molar-refractivity contribution in [1.82, 2.24) is 29.3 Å². The second-order valence-electron chi connectivity index (χ2n) is 7.36. The van der Waals surface area contributed by atoms with Crippen LogP contribution in [0.5, 0.6) is 5.88 Å². The minimum Gasteiger partial charge on any atom is -0.473 e. The van der Waals surface area contributed by atoms with Crippen molar-refractivity contribution in [3.8, 4) is 22.8 Å². The van der Waals surface area contributed by atoms with Crippen LogP contribution in [-0.4, -0.2) is 55.5 Å². The summed E-state index contributed by atoms with van der Waals surface area (Å²) in [6.45, 7) is 2.07. The van der Waals surface area contributed by atoms with Crippen molar-refractivity contribution in [2.45, 2.75) is 18.9 Å². The fourth-order valence-corrected chi connectivity index (χ4v) is 3.58. The van der Waals surface area contributed by atoms with Gasteiger partial charge in [-0.15, -0.1) is 5.10 Å². The van der Waals surface area contributed by atoms with Gasteiger partial charge < -0.3 is 9.64 Å². The second kappa shape index (κ2) is 7.29. The number of hydrogen-bond acceptors (Lipinski definition) is 5. The van der Waals surface area contributed by atoms with Crippen LogP contribution >= 0.6 is 0 Å². The van der Waals surface area contributed by atoms with Crippen molar-refractivity contribution in [2.24, 2.45) is 0 Å². The first-order chi connectivity index (χ1) is 14.2. The van der Waals surface area contributed by atoms with E-state index in [0.29, 0.717) is 5.88 Å². The number of halogens is 1. The van der Waals surface area contributed by atoms with Crippen molar-refractivity contribution in [1.29, 1.82) is 0 Å². The number of fused-ring (bicyclic) bond motifs is 1. The van der Waals surface area contributed by atoms with Gasteiger partial charge in [0, 0.05) is 30.9 Å². The first kappa shape index (κ1) is 17.8. The summed E-state index contributed by atoms with van der Waals surface area (Å²) in [7, 11) is 2.13. The Hall–Kier alpha value is -3.26. The molecule has 7 nitrogen and oxygen atoms in total. The van der Waals surface area contributed by atoms with Gasteiger partial charge in [-0.25, -0.2) is 18.6 Å². The third-order valence-corrected chi connectivity index (χ3v) is 5.26. The molecular weight excluding hydrogens is 371 g/mol. The van der Waals surface area contributed by atoms with Crippen molar-refractivity contribution in [2.75, 3.05) is 20.1 Å². The van der Waals surface area contributed by atoms with E-state index < -0.39 is 0 Å². The summed E-state index contributed by atoms with van der Waals surface area (Å²) < 4.78 is 22.8. The fraction of sp³-hybridized carbons (Fsp3) is 0.286. The van der Waals surface area contributed by atoms with Crippen LogP contribution in [-0.2, 0) is 0 Å². The zero-order valence-electron chi connectivity index (χ0n) is 16.1. The molecule has 1 aliphatic rings. The maximum absolute atomic E-state index is 13.2. The number of hydrogen-bond donors (Lipinski definition) is 0. The molecule has 5 rings (SSSR count). The highest BCUT2D eigenvalue weighted by Gasteiger charge is 2.19. The molecule has 3 aromatic heterocycles. The number of rotatable bonds is 4. The molecular formula is C21H21FN6O. The number of likely N-dealkylation sites (tertiary alicyclic amines) is 1. The Morgan fingerprint density at radius 2 is 1.83 bits per heavy atom.